The second kappa shape index (κ2) is 12.4. The van der Waals surface area contributed by atoms with Crippen LogP contribution in [0.3, 0.4) is 0 Å². The maximum absolute atomic E-state index is 14.7. The van der Waals surface area contributed by atoms with Crippen LogP contribution in [0.15, 0.2) is 85.0 Å². The second-order valence-electron chi connectivity index (χ2n) is 8.33. The number of hydrogen-bond acceptors (Lipinski definition) is 2. The molecule has 0 spiro atoms. The minimum Gasteiger partial charge on any atom is -0.494 e. The first-order chi connectivity index (χ1) is 15.6. The highest BCUT2D eigenvalue weighted by atomic mass is 19.2. The molecule has 0 unspecified atom stereocenters. The van der Waals surface area contributed by atoms with Crippen molar-refractivity contribution < 1.29 is 23.0 Å². The number of allylic oxidation sites excluding steroid dienone is 7. The van der Waals surface area contributed by atoms with Gasteiger partial charge in [0.15, 0.2) is 11.6 Å². The van der Waals surface area contributed by atoms with Crippen LogP contribution >= 0.6 is 0 Å². The third-order valence-corrected chi connectivity index (χ3v) is 5.86. The van der Waals surface area contributed by atoms with Crippen LogP contribution in [0.4, 0.5) is 13.2 Å². The summed E-state index contributed by atoms with van der Waals surface area (Å²) in [6.07, 6.45) is 7.27. The lowest BCUT2D eigenvalue weighted by Gasteiger charge is -2.26. The minimum atomic E-state index is -0.824. The molecule has 0 amide bonds. The predicted molar refractivity (Wildman–Crippen MR) is 128 cm³/mol. The Balaban J connectivity index is 1.94. The van der Waals surface area contributed by atoms with Crippen molar-refractivity contribution in [3.63, 3.8) is 0 Å². The molecular weight excluding hydrogens is 425 g/mol. The van der Waals surface area contributed by atoms with Gasteiger partial charge in [-0.25, -0.2) is 13.2 Å². The Kier molecular flexibility index (Phi) is 9.98. The number of ether oxygens (including phenoxy) is 1. The molecule has 0 aromatic heterocycles. The van der Waals surface area contributed by atoms with Crippen LogP contribution in [0.1, 0.15) is 56.1 Å². The van der Waals surface area contributed by atoms with E-state index in [0.717, 1.165) is 6.08 Å². The van der Waals surface area contributed by atoms with Gasteiger partial charge in [-0.2, -0.15) is 0 Å². The monoisotopic (exact) mass is 458 g/mol. The zero-order valence-electron chi connectivity index (χ0n) is 19.3. The van der Waals surface area contributed by atoms with Crippen LogP contribution in [-0.2, 0) is 11.2 Å². The Morgan fingerprint density at radius 2 is 1.73 bits per heavy atom. The Hall–Kier alpha value is -2.79. The van der Waals surface area contributed by atoms with Crippen molar-refractivity contribution in [3.05, 3.63) is 108 Å². The Morgan fingerprint density at radius 1 is 1.06 bits per heavy atom. The molecule has 2 rings (SSSR count). The first-order valence-electron chi connectivity index (χ1n) is 11.2. The van der Waals surface area contributed by atoms with E-state index in [0.29, 0.717) is 55.4 Å². The maximum Gasteiger partial charge on any atom is 0.162 e. The standard InChI is InChI=1S/C28H33F3O2/c1-6-33-20(4)17-26(29)21(5)19(3)9-7-18(2)8-10-23-13-16-25(28(31)27(23)30)22-11-14-24(32)15-12-22/h7,9,13,16-17,22,24,32H,2-6,8,10-12,14-15H2,1H3/b9-7-,26-17+. The highest BCUT2D eigenvalue weighted by molar-refractivity contribution is 5.48. The molecule has 1 N–H and O–H groups in total. The highest BCUT2D eigenvalue weighted by Crippen LogP contribution is 2.35. The molecule has 0 radical (unpaired) electrons. The van der Waals surface area contributed by atoms with E-state index in [1.807, 2.05) is 0 Å². The molecule has 1 aromatic rings. The number of benzene rings is 1. The average molecular weight is 459 g/mol. The summed E-state index contributed by atoms with van der Waals surface area (Å²) >= 11 is 0. The molecule has 1 aliphatic rings. The van der Waals surface area contributed by atoms with Crippen LogP contribution in [0.25, 0.3) is 0 Å². The molecule has 0 heterocycles. The fraction of sp³-hybridized carbons (Fsp3) is 0.357. The van der Waals surface area contributed by atoms with Gasteiger partial charge >= 0.3 is 0 Å². The van der Waals surface area contributed by atoms with Crippen LogP contribution in [-0.4, -0.2) is 17.8 Å². The Bertz CT molecular complexity index is 964. The fourth-order valence-corrected chi connectivity index (χ4v) is 3.81. The maximum atomic E-state index is 14.7. The van der Waals surface area contributed by atoms with Crippen molar-refractivity contribution >= 4 is 0 Å². The molecule has 1 aromatic carbocycles. The molecule has 1 fully saturated rings. The van der Waals surface area contributed by atoms with Gasteiger partial charge < -0.3 is 9.84 Å². The summed E-state index contributed by atoms with van der Waals surface area (Å²) in [5, 5.41) is 9.63. The van der Waals surface area contributed by atoms with Gasteiger partial charge in [-0.3, -0.25) is 0 Å². The lowest BCUT2D eigenvalue weighted by molar-refractivity contribution is 0.122. The van der Waals surface area contributed by atoms with Crippen LogP contribution in [0, 0.1) is 11.6 Å². The van der Waals surface area contributed by atoms with Gasteiger partial charge in [-0.15, -0.1) is 0 Å². The molecule has 0 saturated heterocycles. The largest absolute Gasteiger partial charge is 0.494 e. The molecular formula is C28H33F3O2. The third-order valence-electron chi connectivity index (χ3n) is 5.86. The van der Waals surface area contributed by atoms with E-state index >= 15 is 0 Å². The summed E-state index contributed by atoms with van der Waals surface area (Å²) in [6.45, 7) is 17.2. The molecule has 0 aliphatic heterocycles. The quantitative estimate of drug-likeness (QED) is 0.274. The number of aryl methyl sites for hydroxylation is 1. The van der Waals surface area contributed by atoms with Crippen LogP contribution in [0.5, 0.6) is 0 Å². The Morgan fingerprint density at radius 3 is 2.36 bits per heavy atom. The summed E-state index contributed by atoms with van der Waals surface area (Å²) in [5.41, 5.74) is 1.79. The lowest BCUT2D eigenvalue weighted by Crippen LogP contribution is -2.18. The van der Waals surface area contributed by atoms with Gasteiger partial charge in [0.1, 0.15) is 11.6 Å². The SMILES string of the molecule is C=C(/C=C\C(=C)C(=C)/C(F)=C\C(=C)OCC)CCc1ccc(C2CCC(O)CC2)c(F)c1F. The molecule has 0 bridgehead atoms. The van der Waals surface area contributed by atoms with E-state index in [1.165, 1.54) is 0 Å². The van der Waals surface area contributed by atoms with Gasteiger partial charge in [0.2, 0.25) is 0 Å². The van der Waals surface area contributed by atoms with Gasteiger partial charge in [0.25, 0.3) is 0 Å². The number of aliphatic hydroxyl groups excluding tert-OH is 1. The summed E-state index contributed by atoms with van der Waals surface area (Å²) in [7, 11) is 0. The Labute approximate surface area is 195 Å². The smallest absolute Gasteiger partial charge is 0.162 e. The predicted octanol–water partition coefficient (Wildman–Crippen LogP) is 7.54. The topological polar surface area (TPSA) is 29.5 Å². The second-order valence-corrected chi connectivity index (χ2v) is 8.33. The summed E-state index contributed by atoms with van der Waals surface area (Å²) in [5.74, 6) is -2.09. The highest BCUT2D eigenvalue weighted by Gasteiger charge is 2.25. The van der Waals surface area contributed by atoms with Crippen molar-refractivity contribution in [3.8, 4) is 0 Å². The van der Waals surface area contributed by atoms with Crippen molar-refractivity contribution in [2.75, 3.05) is 6.61 Å². The van der Waals surface area contributed by atoms with Gasteiger partial charge in [-0.1, -0.05) is 56.2 Å². The van der Waals surface area contributed by atoms with Gasteiger partial charge in [0, 0.05) is 11.6 Å². The van der Waals surface area contributed by atoms with Crippen molar-refractivity contribution in [1.82, 2.24) is 0 Å². The van der Waals surface area contributed by atoms with Crippen molar-refractivity contribution in [2.24, 2.45) is 0 Å². The van der Waals surface area contributed by atoms with Crippen molar-refractivity contribution in [2.45, 2.75) is 57.5 Å². The lowest BCUT2D eigenvalue weighted by atomic mass is 9.82. The number of rotatable bonds is 11. The molecule has 2 nitrogen and oxygen atoms in total. The third kappa shape index (κ3) is 7.64. The van der Waals surface area contributed by atoms with E-state index < -0.39 is 17.5 Å². The minimum absolute atomic E-state index is 0.0610. The summed E-state index contributed by atoms with van der Waals surface area (Å²) < 4.78 is 48.6. The van der Waals surface area contributed by atoms with Gasteiger partial charge in [-0.05, 0) is 68.1 Å². The normalized spacial score (nSPS) is 18.9. The first-order valence-corrected chi connectivity index (χ1v) is 11.2. The number of aliphatic hydroxyl groups is 1. The zero-order chi connectivity index (χ0) is 24.5. The summed E-state index contributed by atoms with van der Waals surface area (Å²) in [4.78, 5) is 0. The first kappa shape index (κ1) is 26.5. The molecule has 0 atom stereocenters. The molecule has 33 heavy (non-hydrogen) atoms. The summed E-state index contributed by atoms with van der Waals surface area (Å²) in [6, 6.07) is 3.29. The average Bonchev–Trinajstić information content (AvgIpc) is 2.78. The van der Waals surface area contributed by atoms with E-state index in [1.54, 1.807) is 31.2 Å². The molecule has 1 saturated carbocycles. The van der Waals surface area contributed by atoms with E-state index in [2.05, 4.69) is 26.3 Å². The number of halogens is 3. The molecule has 5 heteroatoms. The van der Waals surface area contributed by atoms with Crippen molar-refractivity contribution in [1.29, 1.82) is 0 Å². The number of hydrogen-bond donors (Lipinski definition) is 1. The fourth-order valence-electron chi connectivity index (χ4n) is 3.81. The van der Waals surface area contributed by atoms with E-state index in [9.17, 15) is 18.3 Å². The molecule has 178 valence electrons. The van der Waals surface area contributed by atoms with E-state index in [-0.39, 0.29) is 35.3 Å². The van der Waals surface area contributed by atoms with Crippen LogP contribution < -0.4 is 0 Å². The molecule has 1 aliphatic carbocycles. The van der Waals surface area contributed by atoms with E-state index in [4.69, 9.17) is 4.74 Å². The van der Waals surface area contributed by atoms with Crippen LogP contribution in [0.2, 0.25) is 0 Å². The zero-order valence-corrected chi connectivity index (χ0v) is 19.3. The van der Waals surface area contributed by atoms with Gasteiger partial charge in [0.05, 0.1) is 12.7 Å².